The molecule has 0 spiro atoms. The van der Waals surface area contributed by atoms with Gasteiger partial charge in [0, 0.05) is 18.1 Å². The number of aromatic nitrogens is 1. The minimum atomic E-state index is -3.91. The van der Waals surface area contributed by atoms with Gasteiger partial charge in [-0.2, -0.15) is 0 Å². The van der Waals surface area contributed by atoms with Crippen LogP contribution in [0.25, 0.3) is 10.9 Å². The Balaban J connectivity index is 2.01. The normalized spacial score (nSPS) is 12.0. The van der Waals surface area contributed by atoms with E-state index in [1.165, 1.54) is 12.3 Å². The molecule has 0 aliphatic rings. The Morgan fingerprint density at radius 3 is 2.65 bits per heavy atom. The number of hydrogen-bond donors (Lipinski definition) is 0. The molecule has 0 fully saturated rings. The quantitative estimate of drug-likeness (QED) is 0.638. The van der Waals surface area contributed by atoms with Gasteiger partial charge in [0.2, 0.25) is 0 Å². The van der Waals surface area contributed by atoms with Crippen molar-refractivity contribution in [1.29, 1.82) is 0 Å². The van der Waals surface area contributed by atoms with Gasteiger partial charge in [-0.25, -0.2) is 16.8 Å². The van der Waals surface area contributed by atoms with Crippen LogP contribution in [0.3, 0.4) is 0 Å². The average molecular weight is 397 g/mol. The van der Waals surface area contributed by atoms with Crippen molar-refractivity contribution in [2.45, 2.75) is 4.90 Å². The Morgan fingerprint density at radius 2 is 1.96 bits per heavy atom. The van der Waals surface area contributed by atoms with Crippen LogP contribution in [0.4, 0.5) is 4.39 Å². The van der Waals surface area contributed by atoms with E-state index in [1.807, 2.05) is 19.0 Å². The molecule has 138 valence electrons. The summed E-state index contributed by atoms with van der Waals surface area (Å²) in [7, 11) is -0.0199. The number of likely N-dealkylation sites (N-methyl/N-ethyl adjacent to an activating group) is 1. The molecule has 3 rings (SSSR count). The van der Waals surface area contributed by atoms with Crippen LogP contribution in [-0.2, 0) is 10.0 Å². The fourth-order valence-electron chi connectivity index (χ4n) is 2.54. The van der Waals surface area contributed by atoms with Gasteiger partial charge in [0.1, 0.15) is 18.2 Å². The lowest BCUT2D eigenvalue weighted by molar-refractivity contribution is 0.263. The zero-order valence-electron chi connectivity index (χ0n) is 14.3. The molecule has 8 heteroatoms. The van der Waals surface area contributed by atoms with Gasteiger partial charge in [0.15, 0.2) is 0 Å². The molecule has 0 aliphatic heterocycles. The van der Waals surface area contributed by atoms with Crippen molar-refractivity contribution < 1.29 is 17.5 Å². The van der Waals surface area contributed by atoms with E-state index in [2.05, 4.69) is 0 Å². The maximum absolute atomic E-state index is 13.4. The zero-order valence-corrected chi connectivity index (χ0v) is 15.9. The summed E-state index contributed by atoms with van der Waals surface area (Å²) in [4.78, 5) is 1.91. The van der Waals surface area contributed by atoms with Gasteiger partial charge >= 0.3 is 0 Å². The molecule has 26 heavy (non-hydrogen) atoms. The number of benzene rings is 2. The second-order valence-electron chi connectivity index (χ2n) is 6.03. The monoisotopic (exact) mass is 396 g/mol. The van der Waals surface area contributed by atoms with Gasteiger partial charge in [-0.05, 0) is 50.5 Å². The van der Waals surface area contributed by atoms with Gasteiger partial charge in [-0.1, -0.05) is 17.7 Å². The summed E-state index contributed by atoms with van der Waals surface area (Å²) in [6, 6.07) is 10.2. The van der Waals surface area contributed by atoms with E-state index in [4.69, 9.17) is 16.3 Å². The molecule has 0 aliphatic carbocycles. The van der Waals surface area contributed by atoms with Gasteiger partial charge in [-0.15, -0.1) is 0 Å². The van der Waals surface area contributed by atoms with Crippen molar-refractivity contribution in [3.05, 3.63) is 59.5 Å². The standard InChI is InChI=1S/C18H18ClFN2O3S/c1-21(2)10-11-25-18-5-3-4-17-14(18)8-9-22(17)26(23,24)13-6-7-16(20)15(19)12-13/h3-9,12H,10-11H2,1-2H3. The number of hydrogen-bond acceptors (Lipinski definition) is 4. The molecule has 0 radical (unpaired) electrons. The van der Waals surface area contributed by atoms with Crippen molar-refractivity contribution in [3.63, 3.8) is 0 Å². The maximum atomic E-state index is 13.4. The van der Waals surface area contributed by atoms with Crippen LogP contribution in [0.15, 0.2) is 53.6 Å². The maximum Gasteiger partial charge on any atom is 0.268 e. The van der Waals surface area contributed by atoms with Gasteiger partial charge < -0.3 is 9.64 Å². The Hall–Kier alpha value is -2.09. The molecule has 0 saturated carbocycles. The summed E-state index contributed by atoms with van der Waals surface area (Å²) in [5.41, 5.74) is 0.479. The van der Waals surface area contributed by atoms with E-state index in [1.54, 1.807) is 24.3 Å². The molecule has 0 amide bonds. The van der Waals surface area contributed by atoms with Gasteiger partial charge in [-0.3, -0.25) is 0 Å². The summed E-state index contributed by atoms with van der Waals surface area (Å²) < 4.78 is 46.1. The second kappa shape index (κ2) is 7.26. The van der Waals surface area contributed by atoms with Crippen LogP contribution >= 0.6 is 11.6 Å². The predicted molar refractivity (Wildman–Crippen MR) is 100.0 cm³/mol. The molecule has 5 nitrogen and oxygen atoms in total. The smallest absolute Gasteiger partial charge is 0.268 e. The second-order valence-corrected chi connectivity index (χ2v) is 8.26. The highest BCUT2D eigenvalue weighted by molar-refractivity contribution is 7.90. The Kier molecular flexibility index (Phi) is 5.22. The van der Waals surface area contributed by atoms with Crippen LogP contribution in [0.1, 0.15) is 0 Å². The van der Waals surface area contributed by atoms with Crippen molar-refractivity contribution in [1.82, 2.24) is 8.87 Å². The van der Waals surface area contributed by atoms with E-state index in [0.717, 1.165) is 22.6 Å². The van der Waals surface area contributed by atoms with Crippen LogP contribution in [0, 0.1) is 5.82 Å². The summed E-state index contributed by atoms with van der Waals surface area (Å²) in [5.74, 6) is -0.0602. The number of rotatable bonds is 6. The van der Waals surface area contributed by atoms with Gasteiger partial charge in [0.25, 0.3) is 10.0 Å². The van der Waals surface area contributed by atoms with Crippen molar-refractivity contribution in [3.8, 4) is 5.75 Å². The molecule has 0 bridgehead atoms. The van der Waals surface area contributed by atoms with E-state index >= 15 is 0 Å². The van der Waals surface area contributed by atoms with E-state index < -0.39 is 15.8 Å². The first-order chi connectivity index (χ1) is 12.3. The van der Waals surface area contributed by atoms with Crippen LogP contribution in [-0.4, -0.2) is 44.5 Å². The third kappa shape index (κ3) is 3.56. The van der Waals surface area contributed by atoms with Crippen LogP contribution < -0.4 is 4.74 Å². The topological polar surface area (TPSA) is 51.5 Å². The first-order valence-electron chi connectivity index (χ1n) is 7.89. The van der Waals surface area contributed by atoms with Crippen molar-refractivity contribution in [2.24, 2.45) is 0 Å². The third-order valence-corrected chi connectivity index (χ3v) is 5.88. The molecule has 0 unspecified atom stereocenters. The van der Waals surface area contributed by atoms with Crippen molar-refractivity contribution >= 4 is 32.5 Å². The van der Waals surface area contributed by atoms with Crippen LogP contribution in [0.2, 0.25) is 5.02 Å². The molecular weight excluding hydrogens is 379 g/mol. The van der Waals surface area contributed by atoms with E-state index in [9.17, 15) is 12.8 Å². The highest BCUT2D eigenvalue weighted by atomic mass is 35.5. The minimum Gasteiger partial charge on any atom is -0.492 e. The van der Waals surface area contributed by atoms with Gasteiger partial charge in [0.05, 0.1) is 15.4 Å². The zero-order chi connectivity index (χ0) is 18.9. The van der Waals surface area contributed by atoms with Crippen LogP contribution in [0.5, 0.6) is 5.75 Å². The molecule has 2 aromatic carbocycles. The van der Waals surface area contributed by atoms with E-state index in [-0.39, 0.29) is 9.92 Å². The lowest BCUT2D eigenvalue weighted by Gasteiger charge is -2.12. The SMILES string of the molecule is CN(C)CCOc1cccc2c1ccn2S(=O)(=O)c1ccc(F)c(Cl)c1. The third-order valence-electron chi connectivity index (χ3n) is 3.90. The predicted octanol–water partition coefficient (Wildman–Crippen LogP) is 3.61. The molecule has 0 saturated heterocycles. The number of fused-ring (bicyclic) bond motifs is 1. The molecule has 3 aromatic rings. The molecule has 0 N–H and O–H groups in total. The number of ether oxygens (including phenoxy) is 1. The number of nitrogens with zero attached hydrogens (tertiary/aromatic N) is 2. The fourth-order valence-corrected chi connectivity index (χ4v) is 4.16. The lowest BCUT2D eigenvalue weighted by atomic mass is 10.2. The Bertz CT molecular complexity index is 1050. The Labute approximate surface area is 156 Å². The summed E-state index contributed by atoms with van der Waals surface area (Å²) in [6.45, 7) is 1.22. The minimum absolute atomic E-state index is 0.0830. The molecule has 1 heterocycles. The number of halogens is 2. The molecular formula is C18H18ClFN2O3S. The van der Waals surface area contributed by atoms with Crippen molar-refractivity contribution in [2.75, 3.05) is 27.2 Å². The highest BCUT2D eigenvalue weighted by Gasteiger charge is 2.21. The first kappa shape index (κ1) is 18.7. The first-order valence-corrected chi connectivity index (χ1v) is 9.71. The molecule has 0 atom stereocenters. The summed E-state index contributed by atoms with van der Waals surface area (Å²) >= 11 is 5.73. The largest absolute Gasteiger partial charge is 0.492 e. The van der Waals surface area contributed by atoms with E-state index in [0.29, 0.717) is 23.3 Å². The summed E-state index contributed by atoms with van der Waals surface area (Å²) in [5, 5.41) is 0.443. The average Bonchev–Trinajstić information content (AvgIpc) is 3.02. The Morgan fingerprint density at radius 1 is 1.19 bits per heavy atom. The highest BCUT2D eigenvalue weighted by Crippen LogP contribution is 2.30. The lowest BCUT2D eigenvalue weighted by Crippen LogP contribution is -2.19. The summed E-state index contributed by atoms with van der Waals surface area (Å²) in [6.07, 6.45) is 1.45. The fraction of sp³-hybridized carbons (Fsp3) is 0.222. The molecule has 1 aromatic heterocycles.